The molecular formula is C13H22N2O3S. The molecular weight excluding hydrogens is 264 g/mol. The van der Waals surface area contributed by atoms with Crippen LogP contribution in [-0.2, 0) is 4.79 Å². The highest BCUT2D eigenvalue weighted by Crippen LogP contribution is 2.34. The number of nitrogens with zero attached hydrogens (tertiary/aromatic N) is 1. The van der Waals surface area contributed by atoms with Crippen LogP contribution >= 0.6 is 11.8 Å². The minimum Gasteiger partial charge on any atom is -0.480 e. The number of carboxylic acids is 1. The van der Waals surface area contributed by atoms with Crippen molar-refractivity contribution in [2.24, 2.45) is 5.92 Å². The van der Waals surface area contributed by atoms with Crippen molar-refractivity contribution in [3.8, 4) is 0 Å². The smallest absolute Gasteiger partial charge is 0.327 e. The van der Waals surface area contributed by atoms with Crippen LogP contribution in [0.3, 0.4) is 0 Å². The first-order valence-corrected chi connectivity index (χ1v) is 7.47. The van der Waals surface area contributed by atoms with E-state index in [9.17, 15) is 14.7 Å². The molecule has 0 saturated carbocycles. The van der Waals surface area contributed by atoms with Crippen LogP contribution in [0.2, 0.25) is 0 Å². The number of hydrogen-bond acceptors (Lipinski definition) is 3. The molecule has 0 aromatic heterocycles. The van der Waals surface area contributed by atoms with Gasteiger partial charge in [-0.15, -0.1) is 18.3 Å². The van der Waals surface area contributed by atoms with Crippen molar-refractivity contribution in [1.82, 2.24) is 10.2 Å². The Bertz CT molecular complexity index is 360. The van der Waals surface area contributed by atoms with Gasteiger partial charge in [0.2, 0.25) is 0 Å². The summed E-state index contributed by atoms with van der Waals surface area (Å²) in [6, 6.07) is -1.09. The van der Waals surface area contributed by atoms with E-state index in [0.29, 0.717) is 12.2 Å². The Balaban J connectivity index is 2.80. The van der Waals surface area contributed by atoms with E-state index in [1.54, 1.807) is 6.08 Å². The third-order valence-electron chi connectivity index (χ3n) is 3.01. The third kappa shape index (κ3) is 3.89. The summed E-state index contributed by atoms with van der Waals surface area (Å²) in [5, 5.41) is 12.0. The molecule has 2 amide bonds. The lowest BCUT2D eigenvalue weighted by atomic mass is 10.1. The second-order valence-electron chi connectivity index (χ2n) is 5.10. The van der Waals surface area contributed by atoms with Gasteiger partial charge in [-0.25, -0.2) is 9.59 Å². The SMILES string of the molecule is C=CCC(C)NC(=O)N1C(C(=O)O)CSC1C(C)C. The maximum absolute atomic E-state index is 12.3. The molecule has 1 saturated heterocycles. The Morgan fingerprint density at radius 2 is 2.16 bits per heavy atom. The summed E-state index contributed by atoms with van der Waals surface area (Å²) in [7, 11) is 0. The lowest BCUT2D eigenvalue weighted by molar-refractivity contribution is -0.141. The van der Waals surface area contributed by atoms with Crippen LogP contribution in [0.5, 0.6) is 0 Å². The average Bonchev–Trinajstić information content (AvgIpc) is 2.73. The Morgan fingerprint density at radius 1 is 1.53 bits per heavy atom. The molecule has 108 valence electrons. The summed E-state index contributed by atoms with van der Waals surface area (Å²) in [5.41, 5.74) is 0. The number of thioether (sulfide) groups is 1. The van der Waals surface area contributed by atoms with Gasteiger partial charge in [-0.1, -0.05) is 19.9 Å². The second kappa shape index (κ2) is 6.84. The van der Waals surface area contributed by atoms with Gasteiger partial charge in [-0.2, -0.15) is 0 Å². The van der Waals surface area contributed by atoms with Crippen molar-refractivity contribution in [1.29, 1.82) is 0 Å². The summed E-state index contributed by atoms with van der Waals surface area (Å²) in [6.45, 7) is 9.50. The molecule has 1 aliphatic rings. The lowest BCUT2D eigenvalue weighted by Crippen LogP contribution is -2.53. The van der Waals surface area contributed by atoms with Gasteiger partial charge in [-0.05, 0) is 19.3 Å². The van der Waals surface area contributed by atoms with Gasteiger partial charge < -0.3 is 10.4 Å². The number of carboxylic acid groups (broad SMARTS) is 1. The zero-order valence-electron chi connectivity index (χ0n) is 11.6. The molecule has 6 heteroatoms. The average molecular weight is 286 g/mol. The van der Waals surface area contributed by atoms with Crippen molar-refractivity contribution in [3.05, 3.63) is 12.7 Å². The van der Waals surface area contributed by atoms with Gasteiger partial charge in [-0.3, -0.25) is 4.90 Å². The van der Waals surface area contributed by atoms with Crippen molar-refractivity contribution in [2.45, 2.75) is 44.6 Å². The van der Waals surface area contributed by atoms with Crippen molar-refractivity contribution in [2.75, 3.05) is 5.75 Å². The maximum Gasteiger partial charge on any atom is 0.327 e. The van der Waals surface area contributed by atoms with Gasteiger partial charge in [0, 0.05) is 11.8 Å². The molecule has 1 rings (SSSR count). The molecule has 0 aromatic rings. The fourth-order valence-corrected chi connectivity index (χ4v) is 3.55. The van der Waals surface area contributed by atoms with Crippen molar-refractivity contribution < 1.29 is 14.7 Å². The number of carbonyl (C=O) groups is 2. The fourth-order valence-electron chi connectivity index (χ4n) is 2.08. The van der Waals surface area contributed by atoms with Crippen LogP contribution < -0.4 is 5.32 Å². The zero-order valence-corrected chi connectivity index (χ0v) is 12.4. The third-order valence-corrected chi connectivity index (χ3v) is 4.64. The van der Waals surface area contributed by atoms with Crippen LogP contribution in [0.4, 0.5) is 4.79 Å². The molecule has 0 radical (unpaired) electrons. The Morgan fingerprint density at radius 3 is 2.63 bits per heavy atom. The van der Waals surface area contributed by atoms with Gasteiger partial charge in [0.15, 0.2) is 0 Å². The van der Waals surface area contributed by atoms with Gasteiger partial charge in [0.1, 0.15) is 6.04 Å². The molecule has 3 unspecified atom stereocenters. The van der Waals surface area contributed by atoms with Crippen LogP contribution in [0.15, 0.2) is 12.7 Å². The van der Waals surface area contributed by atoms with Crippen LogP contribution in [-0.4, -0.2) is 45.2 Å². The molecule has 2 N–H and O–H groups in total. The number of aliphatic carboxylic acids is 1. The molecule has 3 atom stereocenters. The quantitative estimate of drug-likeness (QED) is 0.760. The Kier molecular flexibility index (Phi) is 5.72. The van der Waals surface area contributed by atoms with Crippen molar-refractivity contribution in [3.63, 3.8) is 0 Å². The zero-order chi connectivity index (χ0) is 14.6. The number of rotatable bonds is 5. The molecule has 0 spiro atoms. The fraction of sp³-hybridized carbons (Fsp3) is 0.692. The van der Waals surface area contributed by atoms with E-state index >= 15 is 0 Å². The summed E-state index contributed by atoms with van der Waals surface area (Å²) < 4.78 is 0. The Labute approximate surface area is 118 Å². The molecule has 19 heavy (non-hydrogen) atoms. The summed E-state index contributed by atoms with van der Waals surface area (Å²) in [5.74, 6) is -0.279. The van der Waals surface area contributed by atoms with Gasteiger partial charge in [0.05, 0.1) is 5.37 Å². The maximum atomic E-state index is 12.3. The number of nitrogens with one attached hydrogen (secondary N) is 1. The highest BCUT2D eigenvalue weighted by atomic mass is 32.2. The highest BCUT2D eigenvalue weighted by molar-refractivity contribution is 8.00. The molecule has 5 nitrogen and oxygen atoms in total. The normalized spacial score (nSPS) is 24.3. The first kappa shape index (κ1) is 15.9. The number of hydrogen-bond donors (Lipinski definition) is 2. The van der Waals surface area contributed by atoms with Crippen LogP contribution in [0, 0.1) is 5.92 Å². The van der Waals surface area contributed by atoms with Gasteiger partial charge >= 0.3 is 12.0 Å². The Hall–Kier alpha value is -1.17. The van der Waals surface area contributed by atoms with Crippen molar-refractivity contribution >= 4 is 23.8 Å². The topological polar surface area (TPSA) is 69.6 Å². The number of amides is 2. The molecule has 0 bridgehead atoms. The monoisotopic (exact) mass is 286 g/mol. The largest absolute Gasteiger partial charge is 0.480 e. The summed E-state index contributed by atoms with van der Waals surface area (Å²) in [4.78, 5) is 25.0. The van der Waals surface area contributed by atoms with E-state index in [4.69, 9.17) is 0 Å². The lowest BCUT2D eigenvalue weighted by Gasteiger charge is -2.30. The van der Waals surface area contributed by atoms with Gasteiger partial charge in [0.25, 0.3) is 0 Å². The minimum atomic E-state index is -0.942. The molecule has 1 aliphatic heterocycles. The first-order chi connectivity index (χ1) is 8.88. The van der Waals surface area contributed by atoms with E-state index in [0.717, 1.165) is 0 Å². The van der Waals surface area contributed by atoms with E-state index < -0.39 is 12.0 Å². The van der Waals surface area contributed by atoms with E-state index in [-0.39, 0.29) is 23.4 Å². The second-order valence-corrected chi connectivity index (χ2v) is 6.25. The highest BCUT2D eigenvalue weighted by Gasteiger charge is 2.43. The van der Waals surface area contributed by atoms with Crippen LogP contribution in [0.25, 0.3) is 0 Å². The molecule has 1 fully saturated rings. The molecule has 1 heterocycles. The number of carbonyl (C=O) groups excluding carboxylic acids is 1. The predicted octanol–water partition coefficient (Wildman–Crippen LogP) is 2.14. The van der Waals surface area contributed by atoms with E-state index in [2.05, 4.69) is 11.9 Å². The summed E-state index contributed by atoms with van der Waals surface area (Å²) >= 11 is 1.53. The van der Waals surface area contributed by atoms with E-state index in [1.807, 2.05) is 20.8 Å². The van der Waals surface area contributed by atoms with Crippen LogP contribution in [0.1, 0.15) is 27.2 Å². The molecule has 0 aromatic carbocycles. The predicted molar refractivity (Wildman–Crippen MR) is 77.2 cm³/mol. The summed E-state index contributed by atoms with van der Waals surface area (Å²) in [6.07, 6.45) is 2.40. The minimum absolute atomic E-state index is 0.0437. The standard InChI is InChI=1S/C13H22N2O3S/c1-5-6-9(4)14-13(18)15-10(12(16)17)7-19-11(15)8(2)3/h5,8-11H,1,6-7H2,2-4H3,(H,14,18)(H,16,17). The molecule has 0 aliphatic carbocycles. The first-order valence-electron chi connectivity index (χ1n) is 6.42. The van der Waals surface area contributed by atoms with E-state index in [1.165, 1.54) is 16.7 Å². The number of urea groups is 1.